The first-order chi connectivity index (χ1) is 8.39. The molecule has 1 rings (SSSR count). The summed E-state index contributed by atoms with van der Waals surface area (Å²) in [6, 6.07) is 2.21. The van der Waals surface area contributed by atoms with E-state index in [1.807, 2.05) is 11.7 Å². The largest absolute Gasteiger partial charge is 0.316 e. The summed E-state index contributed by atoms with van der Waals surface area (Å²) >= 11 is 0. The summed E-state index contributed by atoms with van der Waals surface area (Å²) in [6.07, 6.45) is 2.28. The summed E-state index contributed by atoms with van der Waals surface area (Å²) in [5, 5.41) is 8.02. The van der Waals surface area contributed by atoms with E-state index in [9.17, 15) is 0 Å². The summed E-state index contributed by atoms with van der Waals surface area (Å²) in [5.74, 6) is 0.650. The molecule has 3 nitrogen and oxygen atoms in total. The van der Waals surface area contributed by atoms with Crippen LogP contribution in [-0.2, 0) is 13.5 Å². The second kappa shape index (κ2) is 6.37. The Morgan fingerprint density at radius 1 is 1.44 bits per heavy atom. The van der Waals surface area contributed by atoms with Crippen molar-refractivity contribution < 1.29 is 0 Å². The van der Waals surface area contributed by atoms with Gasteiger partial charge in [0.15, 0.2) is 0 Å². The van der Waals surface area contributed by atoms with Gasteiger partial charge in [0.1, 0.15) is 0 Å². The number of hydrogen-bond donors (Lipinski definition) is 1. The number of hydrogen-bond acceptors (Lipinski definition) is 2. The van der Waals surface area contributed by atoms with Gasteiger partial charge in [-0.2, -0.15) is 5.10 Å². The fourth-order valence-electron chi connectivity index (χ4n) is 2.26. The van der Waals surface area contributed by atoms with Crippen LogP contribution < -0.4 is 5.32 Å². The molecule has 18 heavy (non-hydrogen) atoms. The number of aromatic nitrogens is 2. The van der Waals surface area contributed by atoms with Gasteiger partial charge in [-0.25, -0.2) is 0 Å². The van der Waals surface area contributed by atoms with Crippen LogP contribution >= 0.6 is 0 Å². The van der Waals surface area contributed by atoms with E-state index in [2.05, 4.69) is 51.1 Å². The van der Waals surface area contributed by atoms with Gasteiger partial charge in [-0.3, -0.25) is 4.68 Å². The third-order valence-corrected chi connectivity index (χ3v) is 4.03. The molecule has 1 aromatic heterocycles. The topological polar surface area (TPSA) is 29.9 Å². The summed E-state index contributed by atoms with van der Waals surface area (Å²) in [4.78, 5) is 0. The number of aryl methyl sites for hydroxylation is 2. The van der Waals surface area contributed by atoms with E-state index in [1.54, 1.807) is 0 Å². The molecule has 0 aliphatic heterocycles. The molecule has 3 heteroatoms. The van der Waals surface area contributed by atoms with E-state index < -0.39 is 0 Å². The molecule has 0 aliphatic carbocycles. The monoisotopic (exact) mass is 251 g/mol. The maximum absolute atomic E-state index is 4.45. The van der Waals surface area contributed by atoms with Crippen LogP contribution in [0.3, 0.4) is 0 Å². The SMILES string of the molecule is CCCNCC(C)(Cc1cc(C)nn1C)C(C)C. The van der Waals surface area contributed by atoms with Crippen molar-refractivity contribution in [2.75, 3.05) is 13.1 Å². The smallest absolute Gasteiger partial charge is 0.0596 e. The van der Waals surface area contributed by atoms with Gasteiger partial charge in [0, 0.05) is 19.3 Å². The predicted molar refractivity (Wildman–Crippen MR) is 77.8 cm³/mol. The zero-order valence-corrected chi connectivity index (χ0v) is 12.9. The summed E-state index contributed by atoms with van der Waals surface area (Å²) in [6.45, 7) is 13.5. The van der Waals surface area contributed by atoms with Crippen molar-refractivity contribution in [3.8, 4) is 0 Å². The highest BCUT2D eigenvalue weighted by Gasteiger charge is 2.29. The Kier molecular flexibility index (Phi) is 5.39. The van der Waals surface area contributed by atoms with Gasteiger partial charge in [0.05, 0.1) is 5.69 Å². The fraction of sp³-hybridized carbons (Fsp3) is 0.800. The van der Waals surface area contributed by atoms with Crippen LogP contribution in [0.15, 0.2) is 6.07 Å². The molecule has 1 atom stereocenters. The molecule has 1 N–H and O–H groups in total. The second-order valence-electron chi connectivity index (χ2n) is 6.06. The van der Waals surface area contributed by atoms with Crippen LogP contribution in [0.2, 0.25) is 0 Å². The molecular weight excluding hydrogens is 222 g/mol. The number of rotatable bonds is 7. The molecular formula is C15H29N3. The first-order valence-corrected chi connectivity index (χ1v) is 7.09. The molecule has 0 bridgehead atoms. The lowest BCUT2D eigenvalue weighted by Gasteiger charge is -2.34. The van der Waals surface area contributed by atoms with Crippen molar-refractivity contribution in [3.05, 3.63) is 17.5 Å². The third kappa shape index (κ3) is 3.84. The second-order valence-corrected chi connectivity index (χ2v) is 6.06. The van der Waals surface area contributed by atoms with Crippen molar-refractivity contribution in [3.63, 3.8) is 0 Å². The lowest BCUT2D eigenvalue weighted by atomic mass is 9.75. The highest BCUT2D eigenvalue weighted by molar-refractivity contribution is 5.11. The van der Waals surface area contributed by atoms with Gasteiger partial charge in [0.2, 0.25) is 0 Å². The minimum atomic E-state index is 0.287. The molecule has 0 aliphatic rings. The van der Waals surface area contributed by atoms with E-state index in [4.69, 9.17) is 0 Å². The Labute approximate surface area is 112 Å². The van der Waals surface area contributed by atoms with Crippen LogP contribution in [0.4, 0.5) is 0 Å². The maximum atomic E-state index is 4.45. The molecule has 0 amide bonds. The van der Waals surface area contributed by atoms with Crippen LogP contribution in [0.1, 0.15) is 45.5 Å². The maximum Gasteiger partial charge on any atom is 0.0596 e. The fourth-order valence-corrected chi connectivity index (χ4v) is 2.26. The summed E-state index contributed by atoms with van der Waals surface area (Å²) < 4.78 is 2.02. The molecule has 1 heterocycles. The van der Waals surface area contributed by atoms with Crippen LogP contribution in [0.25, 0.3) is 0 Å². The number of nitrogens with one attached hydrogen (secondary N) is 1. The average Bonchev–Trinajstić information content (AvgIpc) is 2.57. The molecule has 0 aromatic carbocycles. The van der Waals surface area contributed by atoms with Crippen LogP contribution in [0.5, 0.6) is 0 Å². The predicted octanol–water partition coefficient (Wildman–Crippen LogP) is 2.93. The van der Waals surface area contributed by atoms with Crippen molar-refractivity contribution >= 4 is 0 Å². The lowest BCUT2D eigenvalue weighted by molar-refractivity contribution is 0.203. The Morgan fingerprint density at radius 2 is 2.11 bits per heavy atom. The van der Waals surface area contributed by atoms with Crippen molar-refractivity contribution in [2.45, 2.75) is 47.5 Å². The van der Waals surface area contributed by atoms with Gasteiger partial charge in [-0.1, -0.05) is 27.7 Å². The normalized spacial score (nSPS) is 15.1. The lowest BCUT2D eigenvalue weighted by Crippen LogP contribution is -2.38. The van der Waals surface area contributed by atoms with E-state index in [0.29, 0.717) is 5.92 Å². The molecule has 0 radical (unpaired) electrons. The number of nitrogens with zero attached hydrogens (tertiary/aromatic N) is 2. The molecule has 0 saturated heterocycles. The third-order valence-electron chi connectivity index (χ3n) is 4.03. The minimum Gasteiger partial charge on any atom is -0.316 e. The highest BCUT2D eigenvalue weighted by Crippen LogP contribution is 2.30. The Hall–Kier alpha value is -0.830. The zero-order chi connectivity index (χ0) is 13.8. The molecule has 104 valence electrons. The van der Waals surface area contributed by atoms with Gasteiger partial charge >= 0.3 is 0 Å². The molecule has 0 fully saturated rings. The Bertz CT molecular complexity index is 368. The van der Waals surface area contributed by atoms with Crippen molar-refractivity contribution in [1.82, 2.24) is 15.1 Å². The highest BCUT2D eigenvalue weighted by atomic mass is 15.3. The van der Waals surface area contributed by atoms with E-state index in [1.165, 1.54) is 12.1 Å². The Morgan fingerprint density at radius 3 is 2.56 bits per heavy atom. The van der Waals surface area contributed by atoms with Gasteiger partial charge < -0.3 is 5.32 Å². The molecule has 1 aromatic rings. The van der Waals surface area contributed by atoms with E-state index in [-0.39, 0.29) is 5.41 Å². The van der Waals surface area contributed by atoms with Crippen molar-refractivity contribution in [1.29, 1.82) is 0 Å². The minimum absolute atomic E-state index is 0.287. The van der Waals surface area contributed by atoms with Gasteiger partial charge in [0.25, 0.3) is 0 Å². The zero-order valence-electron chi connectivity index (χ0n) is 12.9. The molecule has 1 unspecified atom stereocenters. The van der Waals surface area contributed by atoms with Gasteiger partial charge in [-0.05, 0) is 43.7 Å². The standard InChI is InChI=1S/C15H29N3/c1-7-8-16-11-15(5,12(2)3)10-14-9-13(4)17-18(14)6/h9,12,16H,7-8,10-11H2,1-6H3. The van der Waals surface area contributed by atoms with Crippen molar-refractivity contribution in [2.24, 2.45) is 18.4 Å². The van der Waals surface area contributed by atoms with Gasteiger partial charge in [-0.15, -0.1) is 0 Å². The first-order valence-electron chi connectivity index (χ1n) is 7.09. The van der Waals surface area contributed by atoms with Crippen LogP contribution in [-0.4, -0.2) is 22.9 Å². The quantitative estimate of drug-likeness (QED) is 0.755. The summed E-state index contributed by atoms with van der Waals surface area (Å²) in [7, 11) is 2.04. The molecule has 0 spiro atoms. The molecule has 0 saturated carbocycles. The summed E-state index contributed by atoms with van der Waals surface area (Å²) in [5.41, 5.74) is 2.73. The Balaban J connectivity index is 2.75. The average molecular weight is 251 g/mol. The van der Waals surface area contributed by atoms with E-state index in [0.717, 1.165) is 25.2 Å². The van der Waals surface area contributed by atoms with E-state index >= 15 is 0 Å². The van der Waals surface area contributed by atoms with Crippen LogP contribution in [0, 0.1) is 18.3 Å². The first kappa shape index (κ1) is 15.2.